The van der Waals surface area contributed by atoms with E-state index in [-0.39, 0.29) is 0 Å². The van der Waals surface area contributed by atoms with Gasteiger partial charge in [0.25, 0.3) is 0 Å². The second-order valence-electron chi connectivity index (χ2n) is 5.01. The summed E-state index contributed by atoms with van der Waals surface area (Å²) in [7, 11) is 0. The number of allylic oxidation sites excluding steroid dienone is 1. The van der Waals surface area contributed by atoms with Crippen molar-refractivity contribution in [3.8, 4) is 0 Å². The largest absolute Gasteiger partial charge is 0.481 e. The molecule has 0 aliphatic carbocycles. The van der Waals surface area contributed by atoms with Gasteiger partial charge in [-0.2, -0.15) is 0 Å². The Morgan fingerprint density at radius 1 is 1.41 bits per heavy atom. The third kappa shape index (κ3) is 8.30. The molecule has 0 saturated carbocycles. The minimum Gasteiger partial charge on any atom is -0.481 e. The van der Waals surface area contributed by atoms with Crippen LogP contribution in [0.15, 0.2) is 12.3 Å². The van der Waals surface area contributed by atoms with Gasteiger partial charge in [0.15, 0.2) is 0 Å². The Kier molecular flexibility index (Phi) is 5.71. The molecule has 0 radical (unpaired) electrons. The summed E-state index contributed by atoms with van der Waals surface area (Å²) >= 11 is 0. The molecule has 0 saturated heterocycles. The van der Waals surface area contributed by atoms with Crippen molar-refractivity contribution in [2.24, 2.45) is 5.92 Å². The van der Waals surface area contributed by atoms with E-state index in [2.05, 4.69) is 11.9 Å². The topological polar surface area (TPSA) is 75.6 Å². The lowest BCUT2D eigenvalue weighted by Crippen LogP contribution is -2.32. The van der Waals surface area contributed by atoms with Gasteiger partial charge in [0, 0.05) is 5.70 Å². The molecule has 0 aromatic heterocycles. The fourth-order valence-electron chi connectivity index (χ4n) is 1.02. The fourth-order valence-corrected chi connectivity index (χ4v) is 1.02. The van der Waals surface area contributed by atoms with Crippen molar-refractivity contribution in [2.75, 3.05) is 0 Å². The molecular formula is C12H21NO4. The molecule has 0 aromatic rings. The van der Waals surface area contributed by atoms with Crippen LogP contribution in [0.4, 0.5) is 4.79 Å². The number of hydrogen-bond donors (Lipinski definition) is 2. The van der Waals surface area contributed by atoms with Crippen LogP contribution in [0.5, 0.6) is 0 Å². The van der Waals surface area contributed by atoms with Crippen LogP contribution in [-0.2, 0) is 9.53 Å². The second-order valence-corrected chi connectivity index (χ2v) is 5.01. The zero-order valence-corrected chi connectivity index (χ0v) is 10.9. The van der Waals surface area contributed by atoms with Gasteiger partial charge in [0.2, 0.25) is 0 Å². The number of carboxylic acids is 1. The molecule has 0 aliphatic rings. The van der Waals surface area contributed by atoms with Crippen LogP contribution < -0.4 is 5.32 Å². The molecule has 5 nitrogen and oxygen atoms in total. The van der Waals surface area contributed by atoms with Crippen molar-refractivity contribution >= 4 is 12.1 Å². The predicted molar refractivity (Wildman–Crippen MR) is 64.5 cm³/mol. The van der Waals surface area contributed by atoms with Crippen molar-refractivity contribution in [1.82, 2.24) is 5.32 Å². The highest BCUT2D eigenvalue weighted by Gasteiger charge is 2.17. The molecule has 1 amide bonds. The zero-order chi connectivity index (χ0) is 13.6. The van der Waals surface area contributed by atoms with E-state index in [4.69, 9.17) is 9.84 Å². The molecule has 0 rings (SSSR count). The summed E-state index contributed by atoms with van der Waals surface area (Å²) in [4.78, 5) is 21.9. The van der Waals surface area contributed by atoms with Crippen LogP contribution >= 0.6 is 0 Å². The van der Waals surface area contributed by atoms with Crippen LogP contribution in [0.25, 0.3) is 0 Å². The van der Waals surface area contributed by atoms with E-state index >= 15 is 0 Å². The Morgan fingerprint density at radius 3 is 2.35 bits per heavy atom. The van der Waals surface area contributed by atoms with E-state index in [0.717, 1.165) is 0 Å². The minimum atomic E-state index is -0.852. The monoisotopic (exact) mass is 243 g/mol. The average Bonchev–Trinajstić information content (AvgIpc) is 2.10. The molecule has 0 aromatic carbocycles. The summed E-state index contributed by atoms with van der Waals surface area (Å²) < 4.78 is 5.04. The molecule has 98 valence electrons. The predicted octanol–water partition coefficient (Wildman–Crippen LogP) is 2.53. The van der Waals surface area contributed by atoms with Crippen molar-refractivity contribution in [1.29, 1.82) is 0 Å². The first-order chi connectivity index (χ1) is 7.61. The summed E-state index contributed by atoms with van der Waals surface area (Å²) in [5.41, 5.74) is -0.0917. The molecule has 0 bridgehead atoms. The van der Waals surface area contributed by atoms with Gasteiger partial charge in [-0.3, -0.25) is 10.1 Å². The van der Waals surface area contributed by atoms with E-state index in [1.54, 1.807) is 27.7 Å². The fraction of sp³-hybridized carbons (Fsp3) is 0.667. The lowest BCUT2D eigenvalue weighted by molar-refractivity contribution is -0.141. The van der Waals surface area contributed by atoms with E-state index in [1.807, 2.05) is 0 Å². The molecule has 1 unspecified atom stereocenters. The zero-order valence-electron chi connectivity index (χ0n) is 10.9. The van der Waals surface area contributed by atoms with Crippen LogP contribution in [0.2, 0.25) is 0 Å². The van der Waals surface area contributed by atoms with Gasteiger partial charge in [-0.15, -0.1) is 0 Å². The summed E-state index contributed by atoms with van der Waals surface area (Å²) in [5.74, 6) is -1.30. The average molecular weight is 243 g/mol. The first kappa shape index (κ1) is 15.5. The number of ether oxygens (including phenoxy) is 1. The first-order valence-electron chi connectivity index (χ1n) is 5.52. The molecule has 0 heterocycles. The van der Waals surface area contributed by atoms with Gasteiger partial charge in [0.1, 0.15) is 5.60 Å². The third-order valence-corrected chi connectivity index (χ3v) is 1.98. The van der Waals surface area contributed by atoms with Crippen LogP contribution in [0.3, 0.4) is 0 Å². The molecule has 2 N–H and O–H groups in total. The molecule has 1 atom stereocenters. The number of nitrogens with one attached hydrogen (secondary N) is 1. The standard InChI is InChI=1S/C12H21NO4/c1-8(10(14)15)6-7-9(2)13-11(16)17-12(3,4)5/h8H,2,6-7H2,1,3-5H3,(H,13,16)(H,14,15). The molecule has 0 fully saturated rings. The quantitative estimate of drug-likeness (QED) is 0.778. The lowest BCUT2D eigenvalue weighted by Gasteiger charge is -2.20. The van der Waals surface area contributed by atoms with Crippen molar-refractivity contribution in [3.05, 3.63) is 12.3 Å². The number of carboxylic acid groups (broad SMARTS) is 1. The molecule has 0 aliphatic heterocycles. The Morgan fingerprint density at radius 2 is 1.94 bits per heavy atom. The van der Waals surface area contributed by atoms with Crippen molar-refractivity contribution < 1.29 is 19.4 Å². The molecule has 0 spiro atoms. The summed E-state index contributed by atoms with van der Waals surface area (Å²) in [6.07, 6.45) is 0.293. The number of aliphatic carboxylic acids is 1. The SMILES string of the molecule is C=C(CCC(C)C(=O)O)NC(=O)OC(C)(C)C. The van der Waals surface area contributed by atoms with Crippen LogP contribution in [0, 0.1) is 5.92 Å². The Labute approximate surface area is 102 Å². The lowest BCUT2D eigenvalue weighted by atomic mass is 10.1. The van der Waals surface area contributed by atoms with E-state index in [0.29, 0.717) is 18.5 Å². The molecular weight excluding hydrogens is 222 g/mol. The Balaban J connectivity index is 3.95. The Hall–Kier alpha value is -1.52. The van der Waals surface area contributed by atoms with Gasteiger partial charge >= 0.3 is 12.1 Å². The van der Waals surface area contributed by atoms with Crippen molar-refractivity contribution in [2.45, 2.75) is 46.1 Å². The number of carbonyl (C=O) groups excluding carboxylic acids is 1. The van der Waals surface area contributed by atoms with Gasteiger partial charge in [-0.1, -0.05) is 13.5 Å². The number of alkyl carbamates (subject to hydrolysis) is 1. The highest BCUT2D eigenvalue weighted by atomic mass is 16.6. The normalized spacial score (nSPS) is 12.7. The van der Waals surface area contributed by atoms with Crippen LogP contribution in [-0.4, -0.2) is 22.8 Å². The van der Waals surface area contributed by atoms with Crippen molar-refractivity contribution in [3.63, 3.8) is 0 Å². The first-order valence-corrected chi connectivity index (χ1v) is 5.52. The number of rotatable bonds is 5. The maximum Gasteiger partial charge on any atom is 0.411 e. The smallest absolute Gasteiger partial charge is 0.411 e. The molecule has 17 heavy (non-hydrogen) atoms. The number of carbonyl (C=O) groups is 2. The summed E-state index contributed by atoms with van der Waals surface area (Å²) in [6, 6.07) is 0. The van der Waals surface area contributed by atoms with E-state index < -0.39 is 23.6 Å². The minimum absolute atomic E-state index is 0.423. The highest BCUT2D eigenvalue weighted by Crippen LogP contribution is 2.11. The second kappa shape index (κ2) is 6.27. The third-order valence-electron chi connectivity index (χ3n) is 1.98. The van der Waals surface area contributed by atoms with E-state index in [9.17, 15) is 9.59 Å². The van der Waals surface area contributed by atoms with E-state index in [1.165, 1.54) is 0 Å². The van der Waals surface area contributed by atoms with Gasteiger partial charge in [-0.05, 0) is 33.6 Å². The number of amides is 1. The van der Waals surface area contributed by atoms with Gasteiger partial charge in [0.05, 0.1) is 5.92 Å². The Bertz CT molecular complexity index is 304. The van der Waals surface area contributed by atoms with Crippen LogP contribution in [0.1, 0.15) is 40.5 Å². The van der Waals surface area contributed by atoms with Gasteiger partial charge < -0.3 is 9.84 Å². The number of hydrogen-bond acceptors (Lipinski definition) is 3. The molecule has 5 heteroatoms. The summed E-state index contributed by atoms with van der Waals surface area (Å²) in [6.45, 7) is 10.6. The highest BCUT2D eigenvalue weighted by molar-refractivity contribution is 5.70. The summed E-state index contributed by atoms with van der Waals surface area (Å²) in [5, 5.41) is 11.2. The van der Waals surface area contributed by atoms with Gasteiger partial charge in [-0.25, -0.2) is 4.79 Å². The maximum absolute atomic E-state index is 11.3. The maximum atomic E-state index is 11.3.